The summed E-state index contributed by atoms with van der Waals surface area (Å²) in [5.41, 5.74) is 0.464. The van der Waals surface area contributed by atoms with Gasteiger partial charge in [-0.05, 0) is 36.4 Å². The summed E-state index contributed by atoms with van der Waals surface area (Å²) >= 11 is 0. The van der Waals surface area contributed by atoms with Gasteiger partial charge in [-0.1, -0.05) is 0 Å². The van der Waals surface area contributed by atoms with Crippen LogP contribution in [0.15, 0.2) is 36.4 Å². The number of halogens is 3. The fourth-order valence-electron chi connectivity index (χ4n) is 2.74. The number of aromatic nitrogens is 1. The number of rotatable bonds is 4. The number of pyridine rings is 1. The molecule has 0 saturated carbocycles. The van der Waals surface area contributed by atoms with E-state index in [1.165, 1.54) is 25.1 Å². The van der Waals surface area contributed by atoms with Crippen molar-refractivity contribution in [2.45, 2.75) is 19.2 Å². The van der Waals surface area contributed by atoms with E-state index in [-0.39, 0.29) is 24.0 Å². The molecule has 0 fully saturated rings. The van der Waals surface area contributed by atoms with Gasteiger partial charge in [0, 0.05) is 12.6 Å². The normalized spacial score (nSPS) is 16.3. The van der Waals surface area contributed by atoms with E-state index >= 15 is 0 Å². The van der Waals surface area contributed by atoms with Crippen LogP contribution >= 0.6 is 0 Å². The molecule has 1 aliphatic rings. The van der Waals surface area contributed by atoms with Gasteiger partial charge >= 0.3 is 6.18 Å². The summed E-state index contributed by atoms with van der Waals surface area (Å²) in [6, 6.07) is 7.85. The van der Waals surface area contributed by atoms with E-state index in [1.54, 1.807) is 11.0 Å². The molecule has 9 heteroatoms. The number of aldehydes is 1. The van der Waals surface area contributed by atoms with E-state index < -0.39 is 17.8 Å². The molecule has 0 aliphatic carbocycles. The van der Waals surface area contributed by atoms with E-state index in [1.807, 2.05) is 0 Å². The number of amides is 1. The van der Waals surface area contributed by atoms with Crippen LogP contribution in [0.4, 0.5) is 24.5 Å². The van der Waals surface area contributed by atoms with Crippen LogP contribution in [-0.2, 0) is 11.0 Å². The van der Waals surface area contributed by atoms with Crippen LogP contribution in [-0.4, -0.2) is 36.4 Å². The molecule has 2 heterocycles. The van der Waals surface area contributed by atoms with Crippen LogP contribution < -0.4 is 15.0 Å². The Morgan fingerprint density at radius 1 is 1.30 bits per heavy atom. The lowest BCUT2D eigenvalue weighted by Gasteiger charge is -2.35. The van der Waals surface area contributed by atoms with Crippen molar-refractivity contribution in [2.75, 3.05) is 18.0 Å². The smallest absolute Gasteiger partial charge is 0.416 e. The van der Waals surface area contributed by atoms with Gasteiger partial charge in [-0.3, -0.25) is 9.59 Å². The van der Waals surface area contributed by atoms with Gasteiger partial charge in [0.05, 0.1) is 18.7 Å². The quantitative estimate of drug-likeness (QED) is 0.827. The van der Waals surface area contributed by atoms with Crippen molar-refractivity contribution < 1.29 is 27.5 Å². The highest BCUT2D eigenvalue weighted by molar-refractivity contribution is 5.76. The first-order valence-electron chi connectivity index (χ1n) is 8.10. The Morgan fingerprint density at radius 2 is 2.00 bits per heavy atom. The predicted octanol–water partition coefficient (Wildman–Crippen LogP) is 2.95. The third kappa shape index (κ3) is 4.18. The Labute approximate surface area is 152 Å². The molecule has 27 heavy (non-hydrogen) atoms. The molecular formula is C18H16F3N3O3. The van der Waals surface area contributed by atoms with Crippen LogP contribution in [0.2, 0.25) is 0 Å². The van der Waals surface area contributed by atoms with Crippen molar-refractivity contribution in [3.05, 3.63) is 47.7 Å². The Hall–Kier alpha value is -3.10. The minimum atomic E-state index is -4.42. The fourth-order valence-corrected chi connectivity index (χ4v) is 2.74. The molecule has 1 aromatic heterocycles. The number of alkyl halides is 3. The molecule has 0 saturated heterocycles. The predicted molar refractivity (Wildman–Crippen MR) is 91.2 cm³/mol. The van der Waals surface area contributed by atoms with E-state index in [0.717, 1.165) is 12.1 Å². The molecule has 0 bridgehead atoms. The van der Waals surface area contributed by atoms with E-state index in [9.17, 15) is 22.8 Å². The summed E-state index contributed by atoms with van der Waals surface area (Å²) in [7, 11) is 0. The van der Waals surface area contributed by atoms with Gasteiger partial charge in [0.1, 0.15) is 17.5 Å². The van der Waals surface area contributed by atoms with Crippen LogP contribution in [0.3, 0.4) is 0 Å². The van der Waals surface area contributed by atoms with E-state index in [2.05, 4.69) is 10.3 Å². The Morgan fingerprint density at radius 3 is 2.59 bits per heavy atom. The number of nitrogens with one attached hydrogen (secondary N) is 1. The van der Waals surface area contributed by atoms with Gasteiger partial charge in [-0.25, -0.2) is 4.98 Å². The van der Waals surface area contributed by atoms with Crippen LogP contribution in [0.1, 0.15) is 23.0 Å². The fraction of sp³-hybridized carbons (Fsp3) is 0.278. The number of carbonyl (C=O) groups is 2. The summed E-state index contributed by atoms with van der Waals surface area (Å²) in [6.45, 7) is 1.85. The van der Waals surface area contributed by atoms with E-state index in [0.29, 0.717) is 24.2 Å². The topological polar surface area (TPSA) is 71.5 Å². The van der Waals surface area contributed by atoms with Gasteiger partial charge in [0.15, 0.2) is 6.29 Å². The van der Waals surface area contributed by atoms with Gasteiger partial charge in [-0.2, -0.15) is 13.2 Å². The number of carbonyl (C=O) groups excluding carboxylic acids is 2. The average molecular weight is 379 g/mol. The highest BCUT2D eigenvalue weighted by atomic mass is 19.4. The summed E-state index contributed by atoms with van der Waals surface area (Å²) < 4.78 is 44.2. The lowest BCUT2D eigenvalue weighted by atomic mass is 10.1. The Bertz CT molecular complexity index is 853. The molecule has 1 N–H and O–H groups in total. The lowest BCUT2D eigenvalue weighted by molar-refractivity contribution is -0.137. The minimum absolute atomic E-state index is 0.168. The minimum Gasteiger partial charge on any atom is -0.469 e. The molecule has 0 radical (unpaired) electrons. The first-order chi connectivity index (χ1) is 12.8. The molecule has 1 unspecified atom stereocenters. The number of fused-ring (bicyclic) bond motifs is 1. The molecule has 6 nitrogen and oxygen atoms in total. The number of hydrogen-bond donors (Lipinski definition) is 1. The van der Waals surface area contributed by atoms with Gasteiger partial charge in [-0.15, -0.1) is 0 Å². The van der Waals surface area contributed by atoms with Gasteiger partial charge in [0.25, 0.3) is 0 Å². The lowest BCUT2D eigenvalue weighted by Crippen LogP contribution is -2.44. The van der Waals surface area contributed by atoms with E-state index in [4.69, 9.17) is 4.74 Å². The highest BCUT2D eigenvalue weighted by Crippen LogP contribution is 2.38. The molecule has 142 valence electrons. The van der Waals surface area contributed by atoms with Gasteiger partial charge < -0.3 is 15.0 Å². The van der Waals surface area contributed by atoms with Crippen LogP contribution in [0, 0.1) is 0 Å². The number of nitrogens with zero attached hydrogens (tertiary/aromatic N) is 2. The molecule has 1 aliphatic heterocycles. The highest BCUT2D eigenvalue weighted by Gasteiger charge is 2.32. The maximum absolute atomic E-state index is 12.8. The molecule has 2 aromatic rings. The third-order valence-corrected chi connectivity index (χ3v) is 4.02. The molecule has 1 aromatic carbocycles. The number of anilines is 2. The molecule has 1 atom stereocenters. The SMILES string of the molecule is CC(=O)NCC1CN(c2ccc(C(F)(F)F)cc2)c2ccc(C=O)nc2O1. The average Bonchev–Trinajstić information content (AvgIpc) is 2.64. The monoisotopic (exact) mass is 379 g/mol. The first-order valence-corrected chi connectivity index (χ1v) is 8.10. The van der Waals surface area contributed by atoms with Crippen LogP contribution in [0.5, 0.6) is 5.88 Å². The third-order valence-electron chi connectivity index (χ3n) is 4.02. The zero-order chi connectivity index (χ0) is 19.6. The summed E-state index contributed by atoms with van der Waals surface area (Å²) in [5, 5.41) is 2.64. The zero-order valence-electron chi connectivity index (χ0n) is 14.3. The molecule has 3 rings (SSSR count). The Kier molecular flexibility index (Phi) is 5.02. The largest absolute Gasteiger partial charge is 0.469 e. The Balaban J connectivity index is 1.95. The van der Waals surface area contributed by atoms with Crippen molar-refractivity contribution in [1.82, 2.24) is 10.3 Å². The number of benzene rings is 1. The summed E-state index contributed by atoms with van der Waals surface area (Å²) in [4.78, 5) is 28.0. The van der Waals surface area contributed by atoms with Crippen molar-refractivity contribution >= 4 is 23.6 Å². The molecule has 1 amide bonds. The maximum Gasteiger partial charge on any atom is 0.416 e. The van der Waals surface area contributed by atoms with Crippen molar-refractivity contribution in [2.24, 2.45) is 0 Å². The summed E-state index contributed by atoms with van der Waals surface area (Å²) in [5.74, 6) is -0.0545. The standard InChI is InChI=1S/C18H16F3N3O3/c1-11(26)22-8-15-9-24(14-5-2-12(3-6-14)18(19,20)21)16-7-4-13(10-25)23-17(16)27-15/h2-7,10,15H,8-9H2,1H3,(H,22,26). The van der Waals surface area contributed by atoms with Crippen molar-refractivity contribution in [3.63, 3.8) is 0 Å². The maximum atomic E-state index is 12.8. The van der Waals surface area contributed by atoms with Crippen molar-refractivity contribution in [1.29, 1.82) is 0 Å². The second kappa shape index (κ2) is 7.26. The molecule has 0 spiro atoms. The molecular weight excluding hydrogens is 363 g/mol. The first kappa shape index (κ1) is 18.7. The van der Waals surface area contributed by atoms with Crippen molar-refractivity contribution in [3.8, 4) is 5.88 Å². The van der Waals surface area contributed by atoms with Gasteiger partial charge in [0.2, 0.25) is 11.8 Å². The number of ether oxygens (including phenoxy) is 1. The zero-order valence-corrected chi connectivity index (χ0v) is 14.3. The second-order valence-electron chi connectivity index (χ2n) is 6.01. The van der Waals surface area contributed by atoms with Crippen LogP contribution in [0.25, 0.3) is 0 Å². The summed E-state index contributed by atoms with van der Waals surface area (Å²) in [6.07, 6.45) is -4.34. The second-order valence-corrected chi connectivity index (χ2v) is 6.01. The number of hydrogen-bond acceptors (Lipinski definition) is 5.